The monoisotopic (exact) mass is 178 g/mol. The molecule has 0 N–H and O–H groups in total. The molecule has 5 aliphatic rings. The van der Waals surface area contributed by atoms with E-state index < -0.39 is 0 Å². The maximum Gasteiger partial charge on any atom is 0.0120 e. The van der Waals surface area contributed by atoms with E-state index in [0.717, 1.165) is 11.2 Å². The van der Waals surface area contributed by atoms with Gasteiger partial charge < -0.3 is 0 Å². The molecule has 0 amide bonds. The van der Waals surface area contributed by atoms with Crippen molar-refractivity contribution in [3.05, 3.63) is 0 Å². The van der Waals surface area contributed by atoms with Crippen LogP contribution in [0.25, 0.3) is 0 Å². The zero-order valence-corrected chi connectivity index (χ0v) is 8.13. The predicted octanol–water partition coefficient (Wildman–Crippen LogP) is 2.11. The fourth-order valence-corrected chi connectivity index (χ4v) is 7.43. The summed E-state index contributed by atoms with van der Waals surface area (Å²) in [6, 6.07) is 0. The van der Waals surface area contributed by atoms with E-state index in [4.69, 9.17) is 0 Å². The molecule has 0 bridgehead atoms. The SMILES string of the molecule is CC1C2C3SCC3C3C1C1C2C31. The standard InChI is InChI=1S/C11H14S/c1-3-5-7-4-2-12-11(4)6(3)9-8(5)10(7)9/h3-11H,2H2,1H3. The van der Waals surface area contributed by atoms with Crippen molar-refractivity contribution in [2.45, 2.75) is 12.2 Å². The van der Waals surface area contributed by atoms with Gasteiger partial charge in [0.2, 0.25) is 0 Å². The highest BCUT2D eigenvalue weighted by Gasteiger charge is 2.84. The van der Waals surface area contributed by atoms with E-state index in [0.29, 0.717) is 0 Å². The predicted molar refractivity (Wildman–Crippen MR) is 49.8 cm³/mol. The van der Waals surface area contributed by atoms with Crippen molar-refractivity contribution in [3.63, 3.8) is 0 Å². The van der Waals surface area contributed by atoms with Crippen LogP contribution in [0.2, 0.25) is 0 Å². The quantitative estimate of drug-likeness (QED) is 0.547. The molecule has 1 heteroatoms. The van der Waals surface area contributed by atoms with Crippen LogP contribution in [0, 0.1) is 47.3 Å². The summed E-state index contributed by atoms with van der Waals surface area (Å²) in [4.78, 5) is 0. The maximum absolute atomic E-state index is 2.56. The van der Waals surface area contributed by atoms with E-state index in [2.05, 4.69) is 18.7 Å². The zero-order chi connectivity index (χ0) is 7.61. The molecular formula is C11H14S. The van der Waals surface area contributed by atoms with E-state index >= 15 is 0 Å². The van der Waals surface area contributed by atoms with Crippen molar-refractivity contribution in [1.82, 2.24) is 0 Å². The van der Waals surface area contributed by atoms with Crippen LogP contribution in [-0.4, -0.2) is 11.0 Å². The Balaban J connectivity index is 1.73. The Morgan fingerprint density at radius 3 is 2.25 bits per heavy atom. The van der Waals surface area contributed by atoms with Crippen LogP contribution < -0.4 is 0 Å². The highest BCUT2D eigenvalue weighted by molar-refractivity contribution is 8.01. The summed E-state index contributed by atoms with van der Waals surface area (Å²) in [7, 11) is 0. The first-order chi connectivity index (χ1) is 5.89. The largest absolute Gasteiger partial charge is 0.158 e. The fourth-order valence-electron chi connectivity index (χ4n) is 5.73. The minimum Gasteiger partial charge on any atom is -0.158 e. The number of thioether (sulfide) groups is 1. The molecule has 0 radical (unpaired) electrons. The van der Waals surface area contributed by atoms with Crippen LogP contribution in [0.15, 0.2) is 0 Å². The van der Waals surface area contributed by atoms with Gasteiger partial charge in [-0.3, -0.25) is 0 Å². The molecule has 0 nitrogen and oxygen atoms in total. The Labute approximate surface area is 77.5 Å². The molecule has 4 aliphatic carbocycles. The Kier molecular flexibility index (Phi) is 0.700. The Morgan fingerprint density at radius 2 is 1.67 bits per heavy atom. The first-order valence-electron chi connectivity index (χ1n) is 5.51. The Morgan fingerprint density at radius 1 is 0.917 bits per heavy atom. The number of hydrogen-bond donors (Lipinski definition) is 0. The first kappa shape index (κ1) is 5.95. The van der Waals surface area contributed by atoms with Crippen molar-refractivity contribution in [3.8, 4) is 0 Å². The summed E-state index contributed by atoms with van der Waals surface area (Å²) >= 11 is 2.30. The molecule has 5 fully saturated rings. The summed E-state index contributed by atoms with van der Waals surface area (Å²) in [5, 5.41) is 1.15. The zero-order valence-electron chi connectivity index (χ0n) is 7.31. The minimum absolute atomic E-state index is 1.13. The van der Waals surface area contributed by atoms with E-state index in [9.17, 15) is 0 Å². The van der Waals surface area contributed by atoms with Gasteiger partial charge >= 0.3 is 0 Å². The molecule has 9 unspecified atom stereocenters. The molecule has 0 aromatic rings. The minimum atomic E-state index is 1.13. The van der Waals surface area contributed by atoms with Crippen molar-refractivity contribution >= 4 is 11.8 Å². The molecule has 0 aromatic carbocycles. The lowest BCUT2D eigenvalue weighted by Gasteiger charge is -2.61. The molecule has 0 aromatic heterocycles. The molecule has 9 atom stereocenters. The van der Waals surface area contributed by atoms with Crippen LogP contribution in [0.3, 0.4) is 0 Å². The smallest absolute Gasteiger partial charge is 0.0120 e. The molecule has 12 heavy (non-hydrogen) atoms. The summed E-state index contributed by atoms with van der Waals surface area (Å²) in [6.45, 7) is 2.56. The van der Waals surface area contributed by atoms with Gasteiger partial charge in [0, 0.05) is 5.25 Å². The van der Waals surface area contributed by atoms with Crippen LogP contribution in [0.5, 0.6) is 0 Å². The summed E-state index contributed by atoms with van der Waals surface area (Å²) in [5.41, 5.74) is 0. The second-order valence-corrected chi connectivity index (χ2v) is 7.00. The lowest BCUT2D eigenvalue weighted by Crippen LogP contribution is -2.59. The molecule has 1 heterocycles. The average Bonchev–Trinajstić information content (AvgIpc) is 2.54. The van der Waals surface area contributed by atoms with E-state index in [1.54, 1.807) is 0 Å². The second kappa shape index (κ2) is 1.41. The van der Waals surface area contributed by atoms with E-state index in [-0.39, 0.29) is 0 Å². The topological polar surface area (TPSA) is 0 Å². The van der Waals surface area contributed by atoms with Gasteiger partial charge in [-0.2, -0.15) is 11.8 Å². The third kappa shape index (κ3) is 0.343. The third-order valence-electron chi connectivity index (χ3n) is 5.96. The maximum atomic E-state index is 2.56. The average molecular weight is 178 g/mol. The Bertz CT molecular complexity index is 281. The van der Waals surface area contributed by atoms with Gasteiger partial charge in [0.25, 0.3) is 0 Å². The van der Waals surface area contributed by atoms with Crippen LogP contribution in [0.1, 0.15) is 6.92 Å². The molecule has 1 saturated heterocycles. The molecule has 1 aliphatic heterocycles. The number of hydrogen-bond acceptors (Lipinski definition) is 1. The summed E-state index contributed by atoms with van der Waals surface area (Å²) < 4.78 is 0. The molecule has 0 spiro atoms. The normalized spacial score (nSPS) is 85.2. The van der Waals surface area contributed by atoms with Gasteiger partial charge in [-0.05, 0) is 53.1 Å². The first-order valence-corrected chi connectivity index (χ1v) is 6.56. The number of fused-ring (bicyclic) bond motifs is 4. The highest BCUT2D eigenvalue weighted by Crippen LogP contribution is 2.87. The fraction of sp³-hybridized carbons (Fsp3) is 1.00. The third-order valence-corrected chi connectivity index (χ3v) is 7.59. The van der Waals surface area contributed by atoms with E-state index in [1.807, 2.05) is 0 Å². The van der Waals surface area contributed by atoms with E-state index in [1.165, 1.54) is 47.2 Å². The lowest BCUT2D eigenvalue weighted by molar-refractivity contribution is -0.0409. The highest BCUT2D eigenvalue weighted by atomic mass is 32.2. The van der Waals surface area contributed by atoms with Crippen LogP contribution >= 0.6 is 11.8 Å². The van der Waals surface area contributed by atoms with Gasteiger partial charge in [0.15, 0.2) is 0 Å². The van der Waals surface area contributed by atoms with Crippen LogP contribution in [-0.2, 0) is 0 Å². The lowest BCUT2D eigenvalue weighted by atomic mass is 9.52. The molecular weight excluding hydrogens is 164 g/mol. The Hall–Kier alpha value is 0.350. The van der Waals surface area contributed by atoms with Crippen molar-refractivity contribution in [1.29, 1.82) is 0 Å². The van der Waals surface area contributed by atoms with Gasteiger partial charge in [-0.25, -0.2) is 0 Å². The van der Waals surface area contributed by atoms with Gasteiger partial charge in [0.1, 0.15) is 0 Å². The summed E-state index contributed by atoms with van der Waals surface area (Å²) in [6.07, 6.45) is 0. The van der Waals surface area contributed by atoms with Crippen molar-refractivity contribution in [2.75, 3.05) is 5.75 Å². The van der Waals surface area contributed by atoms with Crippen LogP contribution in [0.4, 0.5) is 0 Å². The summed E-state index contributed by atoms with van der Waals surface area (Å²) in [5.74, 6) is 11.3. The number of rotatable bonds is 0. The van der Waals surface area contributed by atoms with Crippen molar-refractivity contribution in [2.24, 2.45) is 47.3 Å². The second-order valence-electron chi connectivity index (χ2n) is 5.79. The van der Waals surface area contributed by atoms with Crippen molar-refractivity contribution < 1.29 is 0 Å². The van der Waals surface area contributed by atoms with Gasteiger partial charge in [-0.15, -0.1) is 0 Å². The molecule has 4 saturated carbocycles. The van der Waals surface area contributed by atoms with Gasteiger partial charge in [-0.1, -0.05) is 6.92 Å². The molecule has 5 rings (SSSR count). The molecule has 64 valence electrons. The van der Waals surface area contributed by atoms with Gasteiger partial charge in [0.05, 0.1) is 0 Å².